The van der Waals surface area contributed by atoms with Crippen LogP contribution in [0.25, 0.3) is 0 Å². The number of hydrogen-bond donors (Lipinski definition) is 1. The number of piperidine rings is 2. The molecule has 2 rings (SSSR count). The van der Waals surface area contributed by atoms with Crippen LogP contribution < -0.4 is 0 Å². The van der Waals surface area contributed by atoms with Crippen molar-refractivity contribution in [2.75, 3.05) is 26.2 Å². The molecule has 21 heavy (non-hydrogen) atoms. The third-order valence-corrected chi connectivity index (χ3v) is 4.13. The molecule has 0 bridgehead atoms. The number of nitrogens with zero attached hydrogens (tertiary/aromatic N) is 2. The maximum Gasteiger partial charge on any atom is 0.410 e. The molecule has 0 aromatic carbocycles. The highest BCUT2D eigenvalue weighted by Gasteiger charge is 2.37. The Morgan fingerprint density at radius 2 is 1.81 bits per heavy atom. The molecule has 1 N–H and O–H groups in total. The lowest BCUT2D eigenvalue weighted by molar-refractivity contribution is -0.0177. The normalized spacial score (nSPS) is 29.5. The molecule has 1 amide bonds. The van der Waals surface area contributed by atoms with Gasteiger partial charge in [0, 0.05) is 25.7 Å². The van der Waals surface area contributed by atoms with Crippen LogP contribution >= 0.6 is 0 Å². The molecule has 2 fully saturated rings. The summed E-state index contributed by atoms with van der Waals surface area (Å²) in [5.41, 5.74) is -0.553. The van der Waals surface area contributed by atoms with Crippen LogP contribution in [0.1, 0.15) is 40.0 Å². The minimum Gasteiger partial charge on any atom is -0.444 e. The quantitative estimate of drug-likeness (QED) is 0.802. The Morgan fingerprint density at radius 3 is 2.33 bits per heavy atom. The number of aliphatic hydroxyl groups excluding tert-OH is 1. The Labute approximate surface area is 126 Å². The van der Waals surface area contributed by atoms with Crippen molar-refractivity contribution < 1.29 is 19.0 Å². The average molecular weight is 302 g/mol. The summed E-state index contributed by atoms with van der Waals surface area (Å²) < 4.78 is 19.7. The number of amides is 1. The van der Waals surface area contributed by atoms with Gasteiger partial charge in [-0.3, -0.25) is 4.90 Å². The lowest BCUT2D eigenvalue weighted by Gasteiger charge is -2.42. The second-order valence-corrected chi connectivity index (χ2v) is 7.07. The lowest BCUT2D eigenvalue weighted by atomic mass is 9.98. The summed E-state index contributed by atoms with van der Waals surface area (Å²) in [6.07, 6.45) is 0.300. The first-order valence-electron chi connectivity index (χ1n) is 7.80. The highest BCUT2D eigenvalue weighted by atomic mass is 19.1. The second kappa shape index (κ2) is 6.48. The van der Waals surface area contributed by atoms with Crippen molar-refractivity contribution in [2.45, 2.75) is 64.0 Å². The van der Waals surface area contributed by atoms with Crippen LogP contribution in [0, 0.1) is 0 Å². The van der Waals surface area contributed by atoms with Gasteiger partial charge in [0.1, 0.15) is 11.8 Å². The Hall–Kier alpha value is -0.880. The van der Waals surface area contributed by atoms with E-state index in [1.54, 1.807) is 0 Å². The van der Waals surface area contributed by atoms with E-state index in [9.17, 15) is 14.3 Å². The van der Waals surface area contributed by atoms with E-state index in [2.05, 4.69) is 4.90 Å². The largest absolute Gasteiger partial charge is 0.444 e. The van der Waals surface area contributed by atoms with Crippen molar-refractivity contribution in [1.29, 1.82) is 0 Å². The molecule has 6 heteroatoms. The maximum atomic E-state index is 14.4. The number of likely N-dealkylation sites (tertiary alicyclic amines) is 2. The minimum atomic E-state index is -1.05. The predicted octanol–water partition coefficient (Wildman–Crippen LogP) is 1.79. The SMILES string of the molecule is CC(C)(C)OC(=O)N1CC[C@H](N2CCC(O)CC2)[C@@H](F)C1. The number of alkyl halides is 1. The van der Waals surface area contributed by atoms with E-state index in [1.165, 1.54) is 4.90 Å². The Kier molecular flexibility index (Phi) is 5.09. The monoisotopic (exact) mass is 302 g/mol. The zero-order chi connectivity index (χ0) is 15.6. The molecular weight excluding hydrogens is 275 g/mol. The van der Waals surface area contributed by atoms with Crippen LogP contribution in [-0.4, -0.2) is 71.1 Å². The van der Waals surface area contributed by atoms with Crippen LogP contribution in [0.3, 0.4) is 0 Å². The highest BCUT2D eigenvalue weighted by Crippen LogP contribution is 2.24. The van der Waals surface area contributed by atoms with Gasteiger partial charge in [-0.2, -0.15) is 0 Å². The fraction of sp³-hybridized carbons (Fsp3) is 0.933. The molecule has 2 atom stereocenters. The molecule has 0 aromatic heterocycles. The van der Waals surface area contributed by atoms with Crippen molar-refractivity contribution in [3.63, 3.8) is 0 Å². The number of carbonyl (C=O) groups excluding carboxylic acids is 1. The summed E-state index contributed by atoms with van der Waals surface area (Å²) in [5, 5.41) is 9.52. The molecule has 0 saturated carbocycles. The summed E-state index contributed by atoms with van der Waals surface area (Å²) in [4.78, 5) is 15.6. The highest BCUT2D eigenvalue weighted by molar-refractivity contribution is 5.68. The van der Waals surface area contributed by atoms with Gasteiger partial charge in [-0.25, -0.2) is 9.18 Å². The third kappa shape index (κ3) is 4.54. The van der Waals surface area contributed by atoms with Gasteiger partial charge in [-0.15, -0.1) is 0 Å². The number of aliphatic hydroxyl groups is 1. The molecule has 0 spiro atoms. The summed E-state index contributed by atoms with van der Waals surface area (Å²) in [5.74, 6) is 0. The van der Waals surface area contributed by atoms with Gasteiger partial charge in [0.05, 0.1) is 12.6 Å². The van der Waals surface area contributed by atoms with Gasteiger partial charge in [0.2, 0.25) is 0 Å². The molecule has 0 unspecified atom stereocenters. The van der Waals surface area contributed by atoms with Crippen molar-refractivity contribution in [3.8, 4) is 0 Å². The predicted molar refractivity (Wildman–Crippen MR) is 77.9 cm³/mol. The van der Waals surface area contributed by atoms with Gasteiger partial charge in [0.25, 0.3) is 0 Å². The first kappa shape index (κ1) is 16.5. The van der Waals surface area contributed by atoms with Crippen molar-refractivity contribution >= 4 is 6.09 Å². The second-order valence-electron chi connectivity index (χ2n) is 7.07. The maximum absolute atomic E-state index is 14.4. The Bertz CT molecular complexity index is 364. The summed E-state index contributed by atoms with van der Waals surface area (Å²) in [6, 6.07) is -0.142. The Morgan fingerprint density at radius 1 is 1.19 bits per heavy atom. The smallest absolute Gasteiger partial charge is 0.410 e. The Balaban J connectivity index is 1.86. The number of halogens is 1. The molecule has 2 saturated heterocycles. The van der Waals surface area contributed by atoms with E-state index >= 15 is 0 Å². The fourth-order valence-electron chi connectivity index (χ4n) is 3.01. The zero-order valence-electron chi connectivity index (χ0n) is 13.2. The van der Waals surface area contributed by atoms with Crippen LogP contribution in [0.4, 0.5) is 9.18 Å². The third-order valence-electron chi connectivity index (χ3n) is 4.13. The van der Waals surface area contributed by atoms with Gasteiger partial charge in [-0.05, 0) is 40.0 Å². The molecule has 2 heterocycles. The van der Waals surface area contributed by atoms with Crippen LogP contribution in [-0.2, 0) is 4.74 Å². The molecule has 2 aliphatic heterocycles. The lowest BCUT2D eigenvalue weighted by Crippen LogP contribution is -2.56. The molecule has 2 aliphatic rings. The number of rotatable bonds is 1. The van der Waals surface area contributed by atoms with Crippen LogP contribution in [0.15, 0.2) is 0 Å². The first-order valence-corrected chi connectivity index (χ1v) is 7.80. The zero-order valence-corrected chi connectivity index (χ0v) is 13.2. The van der Waals surface area contributed by atoms with Gasteiger partial charge >= 0.3 is 6.09 Å². The molecule has 0 aromatic rings. The van der Waals surface area contributed by atoms with Gasteiger partial charge < -0.3 is 14.7 Å². The number of carbonyl (C=O) groups is 1. The molecule has 0 radical (unpaired) electrons. The van der Waals surface area contributed by atoms with Crippen molar-refractivity contribution in [3.05, 3.63) is 0 Å². The van der Waals surface area contributed by atoms with E-state index in [1.807, 2.05) is 20.8 Å². The van der Waals surface area contributed by atoms with Crippen molar-refractivity contribution in [2.24, 2.45) is 0 Å². The van der Waals surface area contributed by atoms with Crippen LogP contribution in [0.2, 0.25) is 0 Å². The van der Waals surface area contributed by atoms with Gasteiger partial charge in [0.15, 0.2) is 0 Å². The number of hydrogen-bond acceptors (Lipinski definition) is 4. The van der Waals surface area contributed by atoms with E-state index in [4.69, 9.17) is 4.74 Å². The van der Waals surface area contributed by atoms with E-state index in [-0.39, 0.29) is 18.7 Å². The average Bonchev–Trinajstić information content (AvgIpc) is 2.38. The molecule has 5 nitrogen and oxygen atoms in total. The molecule has 122 valence electrons. The molecule has 0 aliphatic carbocycles. The summed E-state index contributed by atoms with van der Waals surface area (Å²) >= 11 is 0. The standard InChI is InChI=1S/C15H27FN2O3/c1-15(2,3)21-14(20)18-9-6-13(12(16)10-18)17-7-4-11(19)5-8-17/h11-13,19H,4-10H2,1-3H3/t12-,13-/m0/s1. The van der Waals surface area contributed by atoms with Gasteiger partial charge in [-0.1, -0.05) is 0 Å². The van der Waals surface area contributed by atoms with Crippen molar-refractivity contribution in [1.82, 2.24) is 9.80 Å². The van der Waals surface area contributed by atoms with E-state index in [0.717, 1.165) is 13.1 Å². The molecular formula is C15H27FN2O3. The minimum absolute atomic E-state index is 0.0959. The summed E-state index contributed by atoms with van der Waals surface area (Å²) in [7, 11) is 0. The summed E-state index contributed by atoms with van der Waals surface area (Å²) in [6.45, 7) is 7.52. The van der Waals surface area contributed by atoms with E-state index < -0.39 is 17.9 Å². The first-order chi connectivity index (χ1) is 9.76. The topological polar surface area (TPSA) is 53.0 Å². The number of ether oxygens (including phenoxy) is 1. The fourth-order valence-corrected chi connectivity index (χ4v) is 3.01. The van der Waals surface area contributed by atoms with E-state index in [0.29, 0.717) is 25.8 Å². The van der Waals surface area contributed by atoms with Crippen LogP contribution in [0.5, 0.6) is 0 Å².